The minimum atomic E-state index is -0.597. The van der Waals surface area contributed by atoms with Crippen LogP contribution >= 0.6 is 0 Å². The van der Waals surface area contributed by atoms with Crippen molar-refractivity contribution in [1.29, 1.82) is 0 Å². The third kappa shape index (κ3) is 3.74. The van der Waals surface area contributed by atoms with E-state index >= 15 is 0 Å². The molecule has 0 saturated carbocycles. The quantitative estimate of drug-likeness (QED) is 0.611. The second kappa shape index (κ2) is 6.42. The fraction of sp³-hybridized carbons (Fsp3) is 0.0667. The Morgan fingerprint density at radius 1 is 1.00 bits per heavy atom. The molecule has 2 aromatic rings. The fourth-order valence-electron chi connectivity index (χ4n) is 1.72. The van der Waals surface area contributed by atoms with Crippen LogP contribution in [0.5, 0.6) is 5.75 Å². The first-order chi connectivity index (χ1) is 10.6. The van der Waals surface area contributed by atoms with Gasteiger partial charge in [-0.2, -0.15) is 0 Å². The Labute approximate surface area is 121 Å². The topological polar surface area (TPSA) is 76.7 Å². The molecule has 0 fully saturated rings. The van der Waals surface area contributed by atoms with Crippen LogP contribution in [0.2, 0.25) is 0 Å². The van der Waals surface area contributed by atoms with Gasteiger partial charge < -0.3 is 0 Å². The first-order valence-corrected chi connectivity index (χ1v) is 9.07. The molecular weight excluding hydrogens is 539 g/mol. The second-order valence-electron chi connectivity index (χ2n) is 4.41. The van der Waals surface area contributed by atoms with Gasteiger partial charge in [-0.25, -0.2) is 0 Å². The zero-order chi connectivity index (χ0) is 15.9. The van der Waals surface area contributed by atoms with Crippen LogP contribution in [-0.4, -0.2) is 12.2 Å². The van der Waals surface area contributed by atoms with Crippen LogP contribution in [0.4, 0.5) is 21.0 Å². The van der Waals surface area contributed by atoms with Crippen LogP contribution in [0.3, 0.4) is 0 Å². The number of hydrogen-bond donors (Lipinski definition) is 2. The Morgan fingerprint density at radius 2 is 1.73 bits per heavy atom. The molecule has 2 amide bonds. The van der Waals surface area contributed by atoms with Gasteiger partial charge in [-0.05, 0) is 0 Å². The summed E-state index contributed by atoms with van der Waals surface area (Å²) in [7, 11) is 0. The molecular formula is C15H13N2O4Rf. The molecule has 0 aliphatic heterocycles. The maximum absolute atomic E-state index is 11.9. The van der Waals surface area contributed by atoms with Crippen molar-refractivity contribution in [3.63, 3.8) is 0 Å². The Morgan fingerprint density at radius 3 is 2.41 bits per heavy atom. The molecule has 0 saturated heterocycles. The average molecular weight is 552 g/mol. The Bertz CT molecular complexity index is 676. The fourth-order valence-corrected chi connectivity index (χ4v) is 2.05. The molecule has 0 atom stereocenters. The third-order valence-electron chi connectivity index (χ3n) is 2.81. The van der Waals surface area contributed by atoms with Gasteiger partial charge in [0.2, 0.25) is 0 Å². The van der Waals surface area contributed by atoms with Gasteiger partial charge >= 0.3 is 114 Å². The van der Waals surface area contributed by atoms with E-state index in [1.54, 1.807) is 42.5 Å². The van der Waals surface area contributed by atoms with E-state index in [-0.39, 0.29) is 0 Å². The summed E-state index contributed by atoms with van der Waals surface area (Å²) in [4.78, 5) is 23.1. The van der Waals surface area contributed by atoms with E-state index in [1.165, 1.54) is 0 Å². The van der Waals surface area contributed by atoms with Crippen LogP contribution in [0.1, 0.15) is 5.56 Å². The molecule has 0 aromatic heterocycles. The number of hydrogen-bond acceptors (Lipinski definition) is 4. The zero-order valence-electron chi connectivity index (χ0n) is 12.0. The number of anilines is 2. The third-order valence-corrected chi connectivity index (χ3v) is 3.99. The molecule has 0 radical (unpaired) electrons. The Hall–Kier alpha value is -4.02. The van der Waals surface area contributed by atoms with Crippen molar-refractivity contribution in [3.8, 4) is 5.75 Å². The van der Waals surface area contributed by atoms with Crippen LogP contribution in [0.25, 0.3) is 0 Å². The molecule has 0 aliphatic carbocycles. The van der Waals surface area contributed by atoms with Crippen molar-refractivity contribution in [2.75, 3.05) is 10.6 Å². The van der Waals surface area contributed by atoms with Crippen molar-refractivity contribution < 1.29 is 19.4 Å². The Balaban J connectivity index is 2.06. The summed E-state index contributed by atoms with van der Waals surface area (Å²) in [5, 5.41) is 9.96. The summed E-state index contributed by atoms with van der Waals surface area (Å²) in [6.07, 6.45) is -1.09. The summed E-state index contributed by atoms with van der Waals surface area (Å²) in [6.45, 7) is 1.84. The van der Waals surface area contributed by atoms with E-state index in [4.69, 9.17) is 9.84 Å². The number of para-hydroxylation sites is 1. The normalized spacial score (nSPS) is 9.77. The van der Waals surface area contributed by atoms with Crippen LogP contribution in [0.15, 0.2) is 48.5 Å². The summed E-state index contributed by atoms with van der Waals surface area (Å²) in [5.41, 5.74) is 1.94. The van der Waals surface area contributed by atoms with Gasteiger partial charge in [-0.15, -0.1) is 0 Å². The molecule has 2 N–H and O–H groups in total. The van der Waals surface area contributed by atoms with Crippen molar-refractivity contribution in [2.24, 2.45) is 0 Å². The number of carbonyl (C=O) groups is 2. The van der Waals surface area contributed by atoms with Crippen molar-refractivity contribution >= 4 is 23.6 Å². The van der Waals surface area contributed by atoms with Gasteiger partial charge in [0.05, 0.1) is 0 Å². The van der Waals surface area contributed by atoms with E-state index in [0.717, 1.165) is 5.56 Å². The molecule has 7 heteroatoms. The average Bonchev–Trinajstić information content (AvgIpc) is 2.51. The van der Waals surface area contributed by atoms with Gasteiger partial charge in [0.15, 0.2) is 0 Å². The molecule has 0 bridgehead atoms. The minimum absolute atomic E-state index is 0.176. The van der Waals surface area contributed by atoms with E-state index in [2.05, 4.69) is 10.6 Å². The first-order valence-electron chi connectivity index (χ1n) is 6.46. The molecule has 0 unspecified atom stereocenters. The number of aryl methyl sites for hydroxylation is 1. The monoisotopic (exact) mass is 552 g/mol. The molecule has 2 rings (SSSR count). The van der Waals surface area contributed by atoms with Crippen LogP contribution < -0.4 is 15.4 Å². The summed E-state index contributed by atoms with van der Waals surface area (Å²) >= 11 is 0. The number of amides is 2. The zero-order valence-corrected chi connectivity index (χ0v) is 18.4. The molecule has 0 spiro atoms. The molecule has 109 valence electrons. The predicted octanol–water partition coefficient (Wildman–Crippen LogP) is 3.62. The summed E-state index contributed by atoms with van der Waals surface area (Å²) in [6, 6.07) is 13.9. The van der Waals surface area contributed by atoms with Gasteiger partial charge in [-0.1, -0.05) is 6.07 Å². The van der Waals surface area contributed by atoms with Crippen molar-refractivity contribution in [2.45, 2.75) is 6.92 Å². The molecule has 2 aromatic carbocycles. The van der Waals surface area contributed by atoms with Crippen molar-refractivity contribution in [1.82, 2.24) is 0 Å². The van der Waals surface area contributed by atoms with E-state index in [0.29, 0.717) is 17.1 Å². The van der Waals surface area contributed by atoms with Crippen LogP contribution in [0, 0.1) is 6.92 Å². The van der Waals surface area contributed by atoms with E-state index < -0.39 is 12.2 Å². The number of ether oxygens (including phenoxy) is 1. The van der Waals surface area contributed by atoms with Gasteiger partial charge in [0, 0.05) is 0 Å². The number of carbonyl (C=O) groups excluding carboxylic acids is 2. The van der Waals surface area contributed by atoms with Crippen LogP contribution in [-0.2, 0) is 5.11 Å². The van der Waals surface area contributed by atoms with Gasteiger partial charge in [0.25, 0.3) is 0 Å². The van der Waals surface area contributed by atoms with Crippen molar-refractivity contribution in [3.05, 3.63) is 54.1 Å². The number of nitrogens with one attached hydrogen (secondary N) is 2. The van der Waals surface area contributed by atoms with E-state index in [9.17, 15) is 9.59 Å². The SMILES string of the molecule is Cc1ccc(NC(=O)[O][Rf])cc1NC(=O)Oc1ccccc1. The standard InChI is InChI=1S/C15H14N2O4.Rf/c1-10-7-8-11(16-14(18)19)9-13(10)17-15(20)21-12-5-3-2-4-6-12;/h2-9,16H,1H3,(H,17,20)(H,18,19);/q;+1/p-1. The number of rotatable bonds is 3. The summed E-state index contributed by atoms with van der Waals surface area (Å²) in [5.74, 6) is 0.453. The second-order valence-corrected chi connectivity index (χ2v) is 5.72. The first kappa shape index (κ1) is 14.4. The maximum atomic E-state index is 11.9. The molecule has 6 nitrogen and oxygen atoms in total. The molecule has 0 heterocycles. The van der Waals surface area contributed by atoms with E-state index in [1.807, 2.05) is 13.0 Å². The molecule has 22 heavy (non-hydrogen) atoms. The van der Waals surface area contributed by atoms with Gasteiger partial charge in [0.1, 0.15) is 0 Å². The summed E-state index contributed by atoms with van der Waals surface area (Å²) < 4.78 is 4.99. The predicted molar refractivity (Wildman–Crippen MR) is 77.4 cm³/mol. The number of benzene rings is 2. The van der Waals surface area contributed by atoms with Gasteiger partial charge in [-0.3, -0.25) is 0 Å². The molecule has 0 aliphatic rings. The Kier molecular flexibility index (Phi) is 4.20.